The molecule has 2 saturated carbocycles. The Morgan fingerprint density at radius 2 is 2.05 bits per heavy atom. The fourth-order valence-corrected chi connectivity index (χ4v) is 3.64. The molecule has 108 valence electrons. The number of thiocarbonyl (C=S) groups is 1. The van der Waals surface area contributed by atoms with Gasteiger partial charge in [-0.3, -0.25) is 0 Å². The molecule has 0 aliphatic heterocycles. The second-order valence-corrected chi connectivity index (χ2v) is 6.09. The number of nitrogens with one attached hydrogen (secondary N) is 3. The van der Waals surface area contributed by atoms with Gasteiger partial charge >= 0.3 is 0 Å². The lowest BCUT2D eigenvalue weighted by Crippen LogP contribution is -2.45. The van der Waals surface area contributed by atoms with E-state index in [1.165, 1.54) is 25.7 Å². The number of nitrogens with zero attached hydrogens (tertiary/aromatic N) is 2. The van der Waals surface area contributed by atoms with Crippen LogP contribution in [0.15, 0.2) is 18.5 Å². The Morgan fingerprint density at radius 3 is 2.75 bits per heavy atom. The molecule has 0 spiro atoms. The molecule has 2 bridgehead atoms. The van der Waals surface area contributed by atoms with E-state index in [0.29, 0.717) is 12.0 Å². The molecule has 1 aromatic heterocycles. The Bertz CT molecular complexity index is 452. The molecule has 0 radical (unpaired) electrons. The third kappa shape index (κ3) is 3.36. The monoisotopic (exact) mass is 291 g/mol. The van der Waals surface area contributed by atoms with Crippen LogP contribution in [0.3, 0.4) is 0 Å². The van der Waals surface area contributed by atoms with Crippen LogP contribution in [-0.2, 0) is 0 Å². The summed E-state index contributed by atoms with van der Waals surface area (Å²) >= 11 is 5.36. The first-order valence-corrected chi connectivity index (χ1v) is 7.77. The summed E-state index contributed by atoms with van der Waals surface area (Å²) in [5.41, 5.74) is 0. The van der Waals surface area contributed by atoms with E-state index in [1.807, 2.05) is 0 Å². The summed E-state index contributed by atoms with van der Waals surface area (Å²) in [5, 5.41) is 10.6. The number of anilines is 1. The van der Waals surface area contributed by atoms with E-state index in [1.54, 1.807) is 18.5 Å². The van der Waals surface area contributed by atoms with Crippen molar-refractivity contribution in [1.82, 2.24) is 20.6 Å². The van der Waals surface area contributed by atoms with E-state index in [-0.39, 0.29) is 0 Å². The Morgan fingerprint density at radius 1 is 1.20 bits per heavy atom. The first-order valence-electron chi connectivity index (χ1n) is 7.36. The van der Waals surface area contributed by atoms with Gasteiger partial charge in [-0.1, -0.05) is 6.42 Å². The van der Waals surface area contributed by atoms with Crippen molar-refractivity contribution in [2.24, 2.45) is 11.8 Å². The summed E-state index contributed by atoms with van der Waals surface area (Å²) < 4.78 is 0. The SMILES string of the molecule is S=C(NCCNc1ncccn1)N[C@H]1C[C@H]2CC[C@H]1C2. The van der Waals surface area contributed by atoms with Crippen LogP contribution in [0.5, 0.6) is 0 Å². The predicted octanol–water partition coefficient (Wildman–Crippen LogP) is 1.54. The minimum Gasteiger partial charge on any atom is -0.361 e. The first kappa shape index (κ1) is 13.5. The maximum atomic E-state index is 5.36. The minimum absolute atomic E-state index is 0.596. The van der Waals surface area contributed by atoms with Crippen LogP contribution in [0, 0.1) is 11.8 Å². The average molecular weight is 291 g/mol. The molecule has 0 aromatic carbocycles. The van der Waals surface area contributed by atoms with Crippen molar-refractivity contribution < 1.29 is 0 Å². The second-order valence-electron chi connectivity index (χ2n) is 5.68. The molecular weight excluding hydrogens is 270 g/mol. The number of rotatable bonds is 5. The van der Waals surface area contributed by atoms with Gasteiger partial charge in [0.15, 0.2) is 5.11 Å². The van der Waals surface area contributed by atoms with Crippen LogP contribution in [0.2, 0.25) is 0 Å². The quantitative estimate of drug-likeness (QED) is 0.565. The van der Waals surface area contributed by atoms with E-state index >= 15 is 0 Å². The van der Waals surface area contributed by atoms with Crippen molar-refractivity contribution in [2.45, 2.75) is 31.7 Å². The van der Waals surface area contributed by atoms with Gasteiger partial charge in [0.05, 0.1) is 0 Å². The maximum absolute atomic E-state index is 5.36. The molecule has 0 amide bonds. The summed E-state index contributed by atoms with van der Waals surface area (Å²) in [6, 6.07) is 2.40. The van der Waals surface area contributed by atoms with Gasteiger partial charge in [0, 0.05) is 31.5 Å². The van der Waals surface area contributed by atoms with Gasteiger partial charge in [-0.2, -0.15) is 0 Å². The number of fused-ring (bicyclic) bond motifs is 2. The highest BCUT2D eigenvalue weighted by atomic mass is 32.1. The minimum atomic E-state index is 0.596. The van der Waals surface area contributed by atoms with E-state index in [2.05, 4.69) is 25.9 Å². The molecule has 20 heavy (non-hydrogen) atoms. The lowest BCUT2D eigenvalue weighted by molar-refractivity contribution is 0.389. The highest BCUT2D eigenvalue weighted by Crippen LogP contribution is 2.44. The van der Waals surface area contributed by atoms with E-state index < -0.39 is 0 Å². The molecule has 6 heteroatoms. The number of hydrogen-bond acceptors (Lipinski definition) is 4. The van der Waals surface area contributed by atoms with Gasteiger partial charge in [-0.15, -0.1) is 0 Å². The Balaban J connectivity index is 1.32. The molecule has 1 aromatic rings. The normalized spacial score (nSPS) is 27.3. The van der Waals surface area contributed by atoms with Crippen LogP contribution in [-0.4, -0.2) is 34.2 Å². The molecular formula is C14H21N5S. The van der Waals surface area contributed by atoms with Gasteiger partial charge in [0.25, 0.3) is 0 Å². The topological polar surface area (TPSA) is 61.9 Å². The molecule has 1 heterocycles. The molecule has 2 fully saturated rings. The lowest BCUT2D eigenvalue weighted by Gasteiger charge is -2.24. The Kier molecular flexibility index (Phi) is 4.30. The number of hydrogen-bond donors (Lipinski definition) is 3. The zero-order chi connectivity index (χ0) is 13.8. The second kappa shape index (κ2) is 6.35. The van der Waals surface area contributed by atoms with Crippen LogP contribution < -0.4 is 16.0 Å². The van der Waals surface area contributed by atoms with Gasteiger partial charge < -0.3 is 16.0 Å². The van der Waals surface area contributed by atoms with Crippen molar-refractivity contribution in [3.05, 3.63) is 18.5 Å². The largest absolute Gasteiger partial charge is 0.361 e. The van der Waals surface area contributed by atoms with Crippen molar-refractivity contribution in [2.75, 3.05) is 18.4 Å². The first-order chi connectivity index (χ1) is 9.81. The van der Waals surface area contributed by atoms with E-state index in [9.17, 15) is 0 Å². The fraction of sp³-hybridized carbons (Fsp3) is 0.643. The molecule has 5 nitrogen and oxygen atoms in total. The number of aromatic nitrogens is 2. The Hall–Kier alpha value is -1.43. The van der Waals surface area contributed by atoms with Crippen LogP contribution in [0.4, 0.5) is 5.95 Å². The van der Waals surface area contributed by atoms with E-state index in [0.717, 1.165) is 30.0 Å². The lowest BCUT2D eigenvalue weighted by atomic mass is 9.96. The summed E-state index contributed by atoms with van der Waals surface area (Å²) in [6.07, 6.45) is 8.94. The van der Waals surface area contributed by atoms with Gasteiger partial charge in [0.1, 0.15) is 0 Å². The molecule has 3 rings (SSSR count). The molecule has 2 aliphatic carbocycles. The van der Waals surface area contributed by atoms with Crippen molar-refractivity contribution >= 4 is 23.3 Å². The molecule has 2 aliphatic rings. The fourth-order valence-electron chi connectivity index (χ4n) is 3.38. The molecule has 3 atom stereocenters. The maximum Gasteiger partial charge on any atom is 0.222 e. The van der Waals surface area contributed by atoms with E-state index in [4.69, 9.17) is 12.2 Å². The highest BCUT2D eigenvalue weighted by Gasteiger charge is 2.39. The van der Waals surface area contributed by atoms with Crippen molar-refractivity contribution in [3.8, 4) is 0 Å². The van der Waals surface area contributed by atoms with Gasteiger partial charge in [-0.25, -0.2) is 9.97 Å². The summed E-state index contributed by atoms with van der Waals surface area (Å²) in [6.45, 7) is 1.52. The highest BCUT2D eigenvalue weighted by molar-refractivity contribution is 7.80. The van der Waals surface area contributed by atoms with Crippen LogP contribution in [0.1, 0.15) is 25.7 Å². The summed E-state index contributed by atoms with van der Waals surface area (Å²) in [4.78, 5) is 8.21. The smallest absolute Gasteiger partial charge is 0.222 e. The summed E-state index contributed by atoms with van der Waals surface area (Å²) in [5.74, 6) is 2.44. The third-order valence-corrected chi connectivity index (χ3v) is 4.58. The predicted molar refractivity (Wildman–Crippen MR) is 83.5 cm³/mol. The van der Waals surface area contributed by atoms with Crippen molar-refractivity contribution in [3.63, 3.8) is 0 Å². The molecule has 0 unspecified atom stereocenters. The van der Waals surface area contributed by atoms with Crippen LogP contribution in [0.25, 0.3) is 0 Å². The van der Waals surface area contributed by atoms with Gasteiger partial charge in [-0.05, 0) is 49.4 Å². The summed E-state index contributed by atoms with van der Waals surface area (Å²) in [7, 11) is 0. The molecule has 3 N–H and O–H groups in total. The average Bonchev–Trinajstić information content (AvgIpc) is 3.07. The third-order valence-electron chi connectivity index (χ3n) is 4.31. The standard InChI is InChI=1S/C14H21N5S/c20-14(19-12-9-10-2-3-11(12)8-10)18-7-6-17-13-15-4-1-5-16-13/h1,4-5,10-12H,2-3,6-9H2,(H,15,16,17)(H2,18,19,20)/t10-,11-,12-/m0/s1. The van der Waals surface area contributed by atoms with Crippen LogP contribution >= 0.6 is 12.2 Å². The van der Waals surface area contributed by atoms with Gasteiger partial charge in [0.2, 0.25) is 5.95 Å². The zero-order valence-corrected chi connectivity index (χ0v) is 12.3. The Labute approximate surface area is 125 Å². The van der Waals surface area contributed by atoms with Crippen molar-refractivity contribution in [1.29, 1.82) is 0 Å². The molecule has 0 saturated heterocycles. The zero-order valence-electron chi connectivity index (χ0n) is 11.5.